The molecule has 3 aromatic rings. The first kappa shape index (κ1) is 15.5. The van der Waals surface area contributed by atoms with E-state index in [9.17, 15) is 0 Å². The standard InChI is InChI=1S/C16H13Cl2N5/c1-10-5-7-11(8-6-10)20-16-22-14(9-19-23-16)21-13-4-2-3-12(17)15(13)18/h2-9H,1H3,(H2,20,21,22,23). The zero-order valence-electron chi connectivity index (χ0n) is 12.2. The second-order valence-electron chi connectivity index (χ2n) is 4.88. The van der Waals surface area contributed by atoms with Gasteiger partial charge in [0, 0.05) is 5.69 Å². The predicted octanol–water partition coefficient (Wildman–Crippen LogP) is 4.97. The molecule has 1 heterocycles. The molecule has 116 valence electrons. The molecule has 0 amide bonds. The lowest BCUT2D eigenvalue weighted by atomic mass is 10.2. The number of nitrogens with one attached hydrogen (secondary N) is 2. The van der Waals surface area contributed by atoms with Crippen LogP contribution in [0.5, 0.6) is 0 Å². The number of anilines is 4. The fourth-order valence-corrected chi connectivity index (χ4v) is 2.27. The lowest BCUT2D eigenvalue weighted by molar-refractivity contribution is 0.982. The second-order valence-corrected chi connectivity index (χ2v) is 5.67. The van der Waals surface area contributed by atoms with E-state index >= 15 is 0 Å². The van der Waals surface area contributed by atoms with Crippen LogP contribution in [-0.4, -0.2) is 15.2 Å². The van der Waals surface area contributed by atoms with Crippen molar-refractivity contribution in [2.45, 2.75) is 6.92 Å². The van der Waals surface area contributed by atoms with Crippen molar-refractivity contribution in [3.8, 4) is 0 Å². The molecular weight excluding hydrogens is 333 g/mol. The van der Waals surface area contributed by atoms with Gasteiger partial charge in [-0.05, 0) is 31.2 Å². The van der Waals surface area contributed by atoms with E-state index < -0.39 is 0 Å². The Bertz CT molecular complexity index is 821. The summed E-state index contributed by atoms with van der Waals surface area (Å²) in [6.45, 7) is 2.03. The van der Waals surface area contributed by atoms with Gasteiger partial charge >= 0.3 is 0 Å². The lowest BCUT2D eigenvalue weighted by Gasteiger charge is -2.09. The summed E-state index contributed by atoms with van der Waals surface area (Å²) < 4.78 is 0. The monoisotopic (exact) mass is 345 g/mol. The average Bonchev–Trinajstić information content (AvgIpc) is 2.54. The molecule has 23 heavy (non-hydrogen) atoms. The van der Waals surface area contributed by atoms with Gasteiger partial charge < -0.3 is 10.6 Å². The number of aryl methyl sites for hydroxylation is 1. The fourth-order valence-electron chi connectivity index (χ4n) is 1.92. The highest BCUT2D eigenvalue weighted by Crippen LogP contribution is 2.31. The van der Waals surface area contributed by atoms with E-state index in [0.29, 0.717) is 27.5 Å². The molecule has 0 saturated heterocycles. The van der Waals surface area contributed by atoms with Gasteiger partial charge in [-0.1, -0.05) is 47.0 Å². The number of hydrogen-bond donors (Lipinski definition) is 2. The van der Waals surface area contributed by atoms with E-state index in [1.54, 1.807) is 12.1 Å². The largest absolute Gasteiger partial charge is 0.338 e. The van der Waals surface area contributed by atoms with Crippen molar-refractivity contribution in [3.63, 3.8) is 0 Å². The minimum atomic E-state index is 0.386. The zero-order valence-corrected chi connectivity index (χ0v) is 13.7. The zero-order chi connectivity index (χ0) is 16.2. The number of benzene rings is 2. The van der Waals surface area contributed by atoms with Crippen LogP contribution in [-0.2, 0) is 0 Å². The van der Waals surface area contributed by atoms with Crippen LogP contribution in [0.1, 0.15) is 5.56 Å². The first-order valence-corrected chi connectivity index (χ1v) is 7.62. The van der Waals surface area contributed by atoms with Gasteiger partial charge in [-0.3, -0.25) is 0 Å². The van der Waals surface area contributed by atoms with Gasteiger partial charge in [-0.2, -0.15) is 10.1 Å². The topological polar surface area (TPSA) is 62.7 Å². The Hall–Kier alpha value is -2.37. The SMILES string of the molecule is Cc1ccc(Nc2nncc(Nc3cccc(Cl)c3Cl)n2)cc1. The molecule has 3 rings (SSSR count). The molecule has 5 nitrogen and oxygen atoms in total. The Kier molecular flexibility index (Phi) is 4.60. The van der Waals surface area contributed by atoms with Crippen LogP contribution >= 0.6 is 23.2 Å². The molecule has 2 N–H and O–H groups in total. The number of halogens is 2. The van der Waals surface area contributed by atoms with Crippen molar-refractivity contribution in [1.82, 2.24) is 15.2 Å². The molecule has 0 aliphatic heterocycles. The van der Waals surface area contributed by atoms with Crippen molar-refractivity contribution >= 4 is 46.3 Å². The van der Waals surface area contributed by atoms with Crippen LogP contribution in [0.25, 0.3) is 0 Å². The van der Waals surface area contributed by atoms with Crippen LogP contribution in [0.2, 0.25) is 10.0 Å². The van der Waals surface area contributed by atoms with Gasteiger partial charge in [0.25, 0.3) is 0 Å². The van der Waals surface area contributed by atoms with E-state index in [1.807, 2.05) is 37.3 Å². The molecular formula is C16H13Cl2N5. The highest BCUT2D eigenvalue weighted by Gasteiger charge is 2.07. The summed E-state index contributed by atoms with van der Waals surface area (Å²) in [6.07, 6.45) is 1.51. The molecule has 0 atom stereocenters. The van der Waals surface area contributed by atoms with Gasteiger partial charge in [0.15, 0.2) is 5.82 Å². The maximum Gasteiger partial charge on any atom is 0.249 e. The third kappa shape index (κ3) is 3.88. The molecule has 0 saturated carbocycles. The van der Waals surface area contributed by atoms with Crippen molar-refractivity contribution in [1.29, 1.82) is 0 Å². The third-order valence-electron chi connectivity index (χ3n) is 3.08. The lowest BCUT2D eigenvalue weighted by Crippen LogP contribution is -2.02. The maximum absolute atomic E-state index is 6.15. The van der Waals surface area contributed by atoms with Crippen molar-refractivity contribution < 1.29 is 0 Å². The summed E-state index contributed by atoms with van der Waals surface area (Å²) in [5.74, 6) is 0.899. The van der Waals surface area contributed by atoms with E-state index in [0.717, 1.165) is 5.69 Å². The molecule has 0 bridgehead atoms. The predicted molar refractivity (Wildman–Crippen MR) is 94.0 cm³/mol. The van der Waals surface area contributed by atoms with E-state index in [-0.39, 0.29) is 0 Å². The molecule has 0 spiro atoms. The van der Waals surface area contributed by atoms with Crippen LogP contribution < -0.4 is 10.6 Å². The first-order valence-electron chi connectivity index (χ1n) is 6.86. The molecule has 0 radical (unpaired) electrons. The summed E-state index contributed by atoms with van der Waals surface area (Å²) in [7, 11) is 0. The summed E-state index contributed by atoms with van der Waals surface area (Å²) in [6, 6.07) is 13.2. The minimum Gasteiger partial charge on any atom is -0.338 e. The van der Waals surface area contributed by atoms with Gasteiger partial charge in [0.05, 0.1) is 21.9 Å². The highest BCUT2D eigenvalue weighted by molar-refractivity contribution is 6.43. The number of aromatic nitrogens is 3. The Labute approximate surface area is 143 Å². The summed E-state index contributed by atoms with van der Waals surface area (Å²) in [4.78, 5) is 4.36. The molecule has 7 heteroatoms. The van der Waals surface area contributed by atoms with Gasteiger partial charge in [0.1, 0.15) is 0 Å². The smallest absolute Gasteiger partial charge is 0.249 e. The van der Waals surface area contributed by atoms with Gasteiger partial charge in [-0.25, -0.2) is 0 Å². The van der Waals surface area contributed by atoms with Crippen LogP contribution in [0.3, 0.4) is 0 Å². The number of hydrogen-bond acceptors (Lipinski definition) is 5. The van der Waals surface area contributed by atoms with E-state index in [4.69, 9.17) is 23.2 Å². The Morgan fingerprint density at radius 3 is 2.52 bits per heavy atom. The second kappa shape index (κ2) is 6.81. The summed E-state index contributed by atoms with van der Waals surface area (Å²) in [5, 5.41) is 15.0. The summed E-state index contributed by atoms with van der Waals surface area (Å²) in [5.41, 5.74) is 2.72. The van der Waals surface area contributed by atoms with E-state index in [2.05, 4.69) is 25.8 Å². The fraction of sp³-hybridized carbons (Fsp3) is 0.0625. The van der Waals surface area contributed by atoms with Crippen molar-refractivity contribution in [2.24, 2.45) is 0 Å². The van der Waals surface area contributed by atoms with Gasteiger partial charge in [-0.15, -0.1) is 5.10 Å². The highest BCUT2D eigenvalue weighted by atomic mass is 35.5. The number of rotatable bonds is 4. The molecule has 0 aliphatic carbocycles. The Balaban J connectivity index is 1.79. The molecule has 0 aliphatic rings. The summed E-state index contributed by atoms with van der Waals surface area (Å²) >= 11 is 12.2. The molecule has 1 aromatic heterocycles. The molecule has 0 unspecified atom stereocenters. The van der Waals surface area contributed by atoms with Crippen LogP contribution in [0.15, 0.2) is 48.7 Å². The quantitative estimate of drug-likeness (QED) is 0.698. The Morgan fingerprint density at radius 2 is 1.74 bits per heavy atom. The average molecular weight is 346 g/mol. The van der Waals surface area contributed by atoms with Crippen molar-refractivity contribution in [2.75, 3.05) is 10.6 Å². The first-order chi connectivity index (χ1) is 11.1. The minimum absolute atomic E-state index is 0.386. The van der Waals surface area contributed by atoms with E-state index in [1.165, 1.54) is 11.8 Å². The van der Waals surface area contributed by atoms with Crippen LogP contribution in [0, 0.1) is 6.92 Å². The van der Waals surface area contributed by atoms with Gasteiger partial charge in [0.2, 0.25) is 5.95 Å². The normalized spacial score (nSPS) is 10.4. The van der Waals surface area contributed by atoms with Crippen molar-refractivity contribution in [3.05, 3.63) is 64.3 Å². The molecule has 2 aromatic carbocycles. The Morgan fingerprint density at radius 1 is 0.957 bits per heavy atom. The third-order valence-corrected chi connectivity index (χ3v) is 3.90. The number of nitrogens with zero attached hydrogens (tertiary/aromatic N) is 3. The van der Waals surface area contributed by atoms with Crippen LogP contribution in [0.4, 0.5) is 23.1 Å². The maximum atomic E-state index is 6.15. The molecule has 0 fully saturated rings.